The van der Waals surface area contributed by atoms with Crippen molar-refractivity contribution in [3.05, 3.63) is 65.2 Å². The van der Waals surface area contributed by atoms with Gasteiger partial charge >= 0.3 is 6.18 Å². The van der Waals surface area contributed by atoms with Gasteiger partial charge in [0.1, 0.15) is 18.4 Å². The Hall–Kier alpha value is -2.01. The number of rotatable bonds is 4. The maximum atomic E-state index is 12.6. The summed E-state index contributed by atoms with van der Waals surface area (Å²) in [5, 5.41) is 0. The van der Waals surface area contributed by atoms with Gasteiger partial charge < -0.3 is 10.5 Å². The Balaban J connectivity index is 2.09. The van der Waals surface area contributed by atoms with Crippen LogP contribution in [0.5, 0.6) is 5.75 Å². The van der Waals surface area contributed by atoms with Gasteiger partial charge in [-0.05, 0) is 35.7 Å². The second-order valence-corrected chi connectivity index (χ2v) is 4.81. The van der Waals surface area contributed by atoms with Gasteiger partial charge in [0.2, 0.25) is 0 Å². The molecule has 2 rings (SSSR count). The van der Waals surface area contributed by atoms with Crippen molar-refractivity contribution in [2.24, 2.45) is 5.73 Å². The molecular formula is C16H16F3NO. The first-order valence-electron chi connectivity index (χ1n) is 6.47. The number of hydrogen-bond donors (Lipinski definition) is 1. The lowest BCUT2D eigenvalue weighted by Crippen LogP contribution is -2.29. The van der Waals surface area contributed by atoms with Crippen molar-refractivity contribution in [2.45, 2.75) is 25.7 Å². The number of nitrogens with two attached hydrogens (primary N) is 1. The van der Waals surface area contributed by atoms with Crippen molar-refractivity contribution in [3.63, 3.8) is 0 Å². The smallest absolute Gasteiger partial charge is 0.407 e. The maximum absolute atomic E-state index is 12.6. The van der Waals surface area contributed by atoms with Crippen LogP contribution in [-0.4, -0.2) is 6.18 Å². The average Bonchev–Trinajstić information content (AvgIpc) is 2.45. The van der Waals surface area contributed by atoms with Crippen molar-refractivity contribution in [1.29, 1.82) is 0 Å². The largest absolute Gasteiger partial charge is 0.489 e. The normalized spacial score (nSPS) is 13.0. The number of benzene rings is 2. The lowest BCUT2D eigenvalue weighted by atomic mass is 10.0. The molecule has 0 unspecified atom stereocenters. The molecule has 2 nitrogen and oxygen atoms in total. The van der Waals surface area contributed by atoms with Crippen LogP contribution < -0.4 is 10.5 Å². The Labute approximate surface area is 121 Å². The molecule has 0 fully saturated rings. The van der Waals surface area contributed by atoms with E-state index < -0.39 is 12.2 Å². The van der Waals surface area contributed by atoms with Crippen LogP contribution in [0.2, 0.25) is 0 Å². The molecule has 21 heavy (non-hydrogen) atoms. The molecule has 1 atom stereocenters. The first kappa shape index (κ1) is 15.4. The highest BCUT2D eigenvalue weighted by Gasteiger charge is 2.38. The summed E-state index contributed by atoms with van der Waals surface area (Å²) in [7, 11) is 0. The fourth-order valence-corrected chi connectivity index (χ4v) is 2.00. The molecule has 2 N–H and O–H groups in total. The van der Waals surface area contributed by atoms with E-state index in [2.05, 4.69) is 0 Å². The molecule has 0 saturated heterocycles. The Kier molecular flexibility index (Phi) is 4.53. The molecule has 0 aliphatic rings. The van der Waals surface area contributed by atoms with Crippen LogP contribution in [0.4, 0.5) is 13.2 Å². The number of aryl methyl sites for hydroxylation is 1. The first-order chi connectivity index (χ1) is 9.88. The molecule has 112 valence electrons. The van der Waals surface area contributed by atoms with Crippen molar-refractivity contribution >= 4 is 0 Å². The van der Waals surface area contributed by atoms with E-state index in [0.29, 0.717) is 17.9 Å². The standard InChI is InChI=1S/C16H16F3NO/c1-11-9-13(21-10-12-5-3-2-4-6-12)7-8-14(11)15(20)16(17,18)19/h2-9,15H,10,20H2,1H3/t15-/m0/s1. The van der Waals surface area contributed by atoms with Gasteiger partial charge in [0, 0.05) is 0 Å². The average molecular weight is 295 g/mol. The summed E-state index contributed by atoms with van der Waals surface area (Å²) in [6, 6.07) is 12.0. The molecule has 0 aliphatic carbocycles. The third-order valence-electron chi connectivity index (χ3n) is 3.18. The summed E-state index contributed by atoms with van der Waals surface area (Å²) < 4.78 is 43.5. The van der Waals surface area contributed by atoms with Gasteiger partial charge in [-0.2, -0.15) is 13.2 Å². The highest BCUT2D eigenvalue weighted by atomic mass is 19.4. The maximum Gasteiger partial charge on any atom is 0.407 e. The molecule has 0 spiro atoms. The zero-order valence-electron chi connectivity index (χ0n) is 11.5. The van der Waals surface area contributed by atoms with E-state index in [1.165, 1.54) is 12.1 Å². The zero-order chi connectivity index (χ0) is 15.5. The van der Waals surface area contributed by atoms with Crippen molar-refractivity contribution in [2.75, 3.05) is 0 Å². The Morgan fingerprint density at radius 3 is 2.33 bits per heavy atom. The Morgan fingerprint density at radius 1 is 1.10 bits per heavy atom. The minimum atomic E-state index is -4.45. The monoisotopic (exact) mass is 295 g/mol. The molecule has 2 aromatic rings. The molecule has 0 aromatic heterocycles. The number of ether oxygens (including phenoxy) is 1. The molecule has 2 aromatic carbocycles. The van der Waals surface area contributed by atoms with Crippen LogP contribution in [0.15, 0.2) is 48.5 Å². The minimum absolute atomic E-state index is 0.0644. The Morgan fingerprint density at radius 2 is 1.76 bits per heavy atom. The summed E-state index contributed by atoms with van der Waals surface area (Å²) in [5.41, 5.74) is 6.74. The van der Waals surface area contributed by atoms with E-state index in [1.807, 2.05) is 30.3 Å². The van der Waals surface area contributed by atoms with Gasteiger partial charge in [-0.3, -0.25) is 0 Å². The van der Waals surface area contributed by atoms with Gasteiger partial charge in [0.25, 0.3) is 0 Å². The van der Waals surface area contributed by atoms with Crippen molar-refractivity contribution in [1.82, 2.24) is 0 Å². The number of alkyl halides is 3. The molecule has 0 aliphatic heterocycles. The summed E-state index contributed by atoms with van der Waals surface area (Å²) >= 11 is 0. The predicted octanol–water partition coefficient (Wildman–Crippen LogP) is 4.14. The van der Waals surface area contributed by atoms with Crippen LogP contribution in [0.25, 0.3) is 0 Å². The van der Waals surface area contributed by atoms with E-state index in [4.69, 9.17) is 10.5 Å². The summed E-state index contributed by atoms with van der Waals surface area (Å²) in [4.78, 5) is 0. The quantitative estimate of drug-likeness (QED) is 0.920. The minimum Gasteiger partial charge on any atom is -0.489 e. The van der Waals surface area contributed by atoms with Gasteiger partial charge in [0.15, 0.2) is 0 Å². The molecule has 5 heteroatoms. The fraction of sp³-hybridized carbons (Fsp3) is 0.250. The number of hydrogen-bond acceptors (Lipinski definition) is 2. The fourth-order valence-electron chi connectivity index (χ4n) is 2.00. The summed E-state index contributed by atoms with van der Waals surface area (Å²) in [5.74, 6) is 0.523. The summed E-state index contributed by atoms with van der Waals surface area (Å²) in [6.07, 6.45) is -4.45. The van der Waals surface area contributed by atoms with Gasteiger partial charge in [0.05, 0.1) is 0 Å². The SMILES string of the molecule is Cc1cc(OCc2ccccc2)ccc1[C@H](N)C(F)(F)F. The van der Waals surface area contributed by atoms with Gasteiger partial charge in [-0.25, -0.2) is 0 Å². The molecular weight excluding hydrogens is 279 g/mol. The predicted molar refractivity (Wildman–Crippen MR) is 74.9 cm³/mol. The molecule has 0 radical (unpaired) electrons. The Bertz CT molecular complexity index is 596. The highest BCUT2D eigenvalue weighted by Crippen LogP contribution is 2.33. The highest BCUT2D eigenvalue weighted by molar-refractivity contribution is 5.37. The van der Waals surface area contributed by atoms with Crippen molar-refractivity contribution in [3.8, 4) is 5.75 Å². The van der Waals surface area contributed by atoms with E-state index >= 15 is 0 Å². The van der Waals surface area contributed by atoms with E-state index in [1.54, 1.807) is 13.0 Å². The van der Waals surface area contributed by atoms with Crippen LogP contribution >= 0.6 is 0 Å². The second-order valence-electron chi connectivity index (χ2n) is 4.81. The molecule has 0 bridgehead atoms. The van der Waals surface area contributed by atoms with Gasteiger partial charge in [-0.15, -0.1) is 0 Å². The lowest BCUT2D eigenvalue weighted by Gasteiger charge is -2.18. The van der Waals surface area contributed by atoms with Crippen LogP contribution in [0, 0.1) is 6.92 Å². The third kappa shape index (κ3) is 3.98. The van der Waals surface area contributed by atoms with E-state index in [9.17, 15) is 13.2 Å². The topological polar surface area (TPSA) is 35.2 Å². The van der Waals surface area contributed by atoms with Crippen LogP contribution in [-0.2, 0) is 6.61 Å². The lowest BCUT2D eigenvalue weighted by molar-refractivity contribution is -0.149. The summed E-state index contributed by atoms with van der Waals surface area (Å²) in [6.45, 7) is 1.96. The zero-order valence-corrected chi connectivity index (χ0v) is 11.5. The van der Waals surface area contributed by atoms with Crippen molar-refractivity contribution < 1.29 is 17.9 Å². The van der Waals surface area contributed by atoms with Crippen LogP contribution in [0.1, 0.15) is 22.7 Å². The molecule has 0 amide bonds. The second kappa shape index (κ2) is 6.18. The van der Waals surface area contributed by atoms with Gasteiger partial charge in [-0.1, -0.05) is 36.4 Å². The third-order valence-corrected chi connectivity index (χ3v) is 3.18. The van der Waals surface area contributed by atoms with Crippen LogP contribution in [0.3, 0.4) is 0 Å². The van der Waals surface area contributed by atoms with E-state index in [-0.39, 0.29) is 5.56 Å². The molecule has 0 saturated carbocycles. The number of halogens is 3. The molecule has 0 heterocycles. The van der Waals surface area contributed by atoms with E-state index in [0.717, 1.165) is 5.56 Å². The first-order valence-corrected chi connectivity index (χ1v) is 6.47.